The van der Waals surface area contributed by atoms with Crippen LogP contribution >= 0.6 is 24.0 Å². The second-order valence-electron chi connectivity index (χ2n) is 8.51. The molecule has 1 saturated heterocycles. The molecule has 0 aromatic carbocycles. The summed E-state index contributed by atoms with van der Waals surface area (Å²) in [7, 11) is 0. The van der Waals surface area contributed by atoms with Gasteiger partial charge in [-0.25, -0.2) is 0 Å². The van der Waals surface area contributed by atoms with E-state index in [1.165, 1.54) is 25.0 Å². The van der Waals surface area contributed by atoms with Crippen LogP contribution in [0.1, 0.15) is 63.3 Å². The van der Waals surface area contributed by atoms with Crippen molar-refractivity contribution in [3.05, 3.63) is 17.5 Å². The van der Waals surface area contributed by atoms with Gasteiger partial charge in [-0.05, 0) is 52.5 Å². The van der Waals surface area contributed by atoms with Gasteiger partial charge >= 0.3 is 0 Å². The fourth-order valence-corrected chi connectivity index (χ4v) is 4.51. The number of hydrogen-bond donors (Lipinski definition) is 2. The number of hydrogen-bond acceptors (Lipinski definition) is 3. The fraction of sp³-hybridized carbons (Fsp3) is 0.773. The molecule has 30 heavy (non-hydrogen) atoms. The van der Waals surface area contributed by atoms with E-state index in [0.717, 1.165) is 70.1 Å². The summed E-state index contributed by atoms with van der Waals surface area (Å²) >= 11 is 0. The van der Waals surface area contributed by atoms with E-state index >= 15 is 0 Å². The number of nitrogens with one attached hydrogen (secondary N) is 2. The maximum absolute atomic E-state index is 12.8. The molecule has 0 spiro atoms. The van der Waals surface area contributed by atoms with Gasteiger partial charge in [0.15, 0.2) is 5.96 Å². The number of aryl methyl sites for hydroxylation is 3. The van der Waals surface area contributed by atoms with Gasteiger partial charge in [0, 0.05) is 50.4 Å². The number of rotatable bonds is 7. The minimum absolute atomic E-state index is 0. The number of guanidine groups is 1. The van der Waals surface area contributed by atoms with Gasteiger partial charge in [0.25, 0.3) is 0 Å². The van der Waals surface area contributed by atoms with Gasteiger partial charge in [-0.2, -0.15) is 5.10 Å². The van der Waals surface area contributed by atoms with Gasteiger partial charge in [0.05, 0.1) is 5.69 Å². The number of aromatic nitrogens is 2. The van der Waals surface area contributed by atoms with Crippen LogP contribution in [0.4, 0.5) is 0 Å². The highest BCUT2D eigenvalue weighted by Crippen LogP contribution is 2.26. The Kier molecular flexibility index (Phi) is 10.4. The Balaban J connectivity index is 0.00000320. The van der Waals surface area contributed by atoms with E-state index in [4.69, 9.17) is 4.99 Å². The number of aliphatic imine (C=N–C) groups is 1. The highest BCUT2D eigenvalue weighted by atomic mass is 127. The van der Waals surface area contributed by atoms with E-state index in [2.05, 4.69) is 45.2 Å². The van der Waals surface area contributed by atoms with Crippen molar-refractivity contribution < 1.29 is 4.79 Å². The summed E-state index contributed by atoms with van der Waals surface area (Å²) < 4.78 is 2.05. The third-order valence-electron chi connectivity index (χ3n) is 6.04. The van der Waals surface area contributed by atoms with Crippen LogP contribution in [-0.2, 0) is 11.3 Å². The quantitative estimate of drug-likeness (QED) is 0.246. The number of carbonyl (C=O) groups excluding carboxylic acids is 1. The second kappa shape index (κ2) is 12.5. The lowest BCUT2D eigenvalue weighted by Crippen LogP contribution is -2.45. The molecule has 1 aromatic rings. The van der Waals surface area contributed by atoms with Crippen molar-refractivity contribution in [3.63, 3.8) is 0 Å². The van der Waals surface area contributed by atoms with Crippen molar-refractivity contribution in [2.75, 3.05) is 26.2 Å². The van der Waals surface area contributed by atoms with Crippen LogP contribution in [-0.4, -0.2) is 58.8 Å². The Morgan fingerprint density at radius 3 is 2.67 bits per heavy atom. The molecule has 8 heteroatoms. The monoisotopic (exact) mass is 530 g/mol. The first-order valence-electron chi connectivity index (χ1n) is 11.4. The smallest absolute Gasteiger partial charge is 0.225 e. The van der Waals surface area contributed by atoms with Gasteiger partial charge < -0.3 is 15.5 Å². The molecule has 3 rings (SSSR count). The summed E-state index contributed by atoms with van der Waals surface area (Å²) in [6, 6.07) is 2.39. The molecular weight excluding hydrogens is 491 g/mol. The summed E-state index contributed by atoms with van der Waals surface area (Å²) in [5, 5.41) is 11.4. The molecule has 1 saturated carbocycles. The first kappa shape index (κ1) is 24.9. The zero-order valence-electron chi connectivity index (χ0n) is 18.8. The maximum atomic E-state index is 12.8. The SMILES string of the molecule is CCNC(=NCCCn1nc(C)cc1C)NC1CCN(C(=O)C2CCCCC2)C1.I. The molecule has 2 aliphatic rings. The van der Waals surface area contributed by atoms with Crippen molar-refractivity contribution in [3.8, 4) is 0 Å². The summed E-state index contributed by atoms with van der Waals surface area (Å²) in [5.74, 6) is 1.50. The molecule has 1 aliphatic carbocycles. The molecule has 2 fully saturated rings. The van der Waals surface area contributed by atoms with Gasteiger partial charge in [-0.15, -0.1) is 24.0 Å². The average molecular weight is 530 g/mol. The van der Waals surface area contributed by atoms with Crippen LogP contribution in [0.2, 0.25) is 0 Å². The standard InChI is InChI=1S/C22H38N6O.HI/c1-4-23-22(24-12-8-13-28-18(3)15-17(2)26-28)25-20-11-14-27(16-20)21(29)19-9-6-5-7-10-19;/h15,19-20H,4-14,16H2,1-3H3,(H2,23,24,25);1H. The number of likely N-dealkylation sites (tertiary alicyclic amines) is 1. The van der Waals surface area contributed by atoms with E-state index in [1.807, 2.05) is 6.92 Å². The molecule has 1 atom stereocenters. The van der Waals surface area contributed by atoms with Crippen LogP contribution in [0.5, 0.6) is 0 Å². The summed E-state index contributed by atoms with van der Waals surface area (Å²) in [5.41, 5.74) is 2.26. The normalized spacial score (nSPS) is 20.2. The van der Waals surface area contributed by atoms with Gasteiger partial charge in [0.1, 0.15) is 0 Å². The third-order valence-corrected chi connectivity index (χ3v) is 6.04. The Hall–Kier alpha value is -1.32. The average Bonchev–Trinajstić information content (AvgIpc) is 3.31. The Labute approximate surface area is 198 Å². The zero-order valence-corrected chi connectivity index (χ0v) is 21.2. The largest absolute Gasteiger partial charge is 0.357 e. The fourth-order valence-electron chi connectivity index (χ4n) is 4.51. The first-order valence-corrected chi connectivity index (χ1v) is 11.4. The van der Waals surface area contributed by atoms with E-state index in [1.54, 1.807) is 0 Å². The van der Waals surface area contributed by atoms with Gasteiger partial charge in [-0.3, -0.25) is 14.5 Å². The summed E-state index contributed by atoms with van der Waals surface area (Å²) in [6.07, 6.45) is 7.81. The summed E-state index contributed by atoms with van der Waals surface area (Å²) in [4.78, 5) is 19.6. The molecular formula is C22H39IN6O. The number of amides is 1. The molecule has 7 nitrogen and oxygen atoms in total. The highest BCUT2D eigenvalue weighted by molar-refractivity contribution is 14.0. The zero-order chi connectivity index (χ0) is 20.6. The minimum Gasteiger partial charge on any atom is -0.357 e. The second-order valence-corrected chi connectivity index (χ2v) is 8.51. The Morgan fingerprint density at radius 2 is 2.00 bits per heavy atom. The molecule has 0 radical (unpaired) electrons. The van der Waals surface area contributed by atoms with Crippen molar-refractivity contribution in [2.24, 2.45) is 10.9 Å². The van der Waals surface area contributed by atoms with E-state index in [0.29, 0.717) is 5.91 Å². The van der Waals surface area contributed by atoms with E-state index in [-0.39, 0.29) is 35.9 Å². The van der Waals surface area contributed by atoms with Crippen molar-refractivity contribution >= 4 is 35.8 Å². The minimum atomic E-state index is 0. The number of nitrogens with zero attached hydrogens (tertiary/aromatic N) is 4. The third kappa shape index (κ3) is 7.13. The Morgan fingerprint density at radius 1 is 1.23 bits per heavy atom. The van der Waals surface area contributed by atoms with Crippen molar-refractivity contribution in [1.29, 1.82) is 0 Å². The lowest BCUT2D eigenvalue weighted by molar-refractivity contribution is -0.135. The van der Waals surface area contributed by atoms with Crippen molar-refractivity contribution in [2.45, 2.75) is 78.3 Å². The van der Waals surface area contributed by atoms with E-state index in [9.17, 15) is 4.79 Å². The summed E-state index contributed by atoms with van der Waals surface area (Å²) in [6.45, 7) is 10.3. The maximum Gasteiger partial charge on any atom is 0.225 e. The predicted octanol–water partition coefficient (Wildman–Crippen LogP) is 3.24. The Bertz CT molecular complexity index is 698. The van der Waals surface area contributed by atoms with Crippen molar-refractivity contribution in [1.82, 2.24) is 25.3 Å². The van der Waals surface area contributed by atoms with Gasteiger partial charge in [-0.1, -0.05) is 19.3 Å². The van der Waals surface area contributed by atoms with Crippen LogP contribution in [0.3, 0.4) is 0 Å². The van der Waals surface area contributed by atoms with Gasteiger partial charge in [0.2, 0.25) is 5.91 Å². The number of carbonyl (C=O) groups is 1. The molecule has 0 bridgehead atoms. The van der Waals surface area contributed by atoms with E-state index < -0.39 is 0 Å². The number of halogens is 1. The lowest BCUT2D eigenvalue weighted by atomic mass is 9.88. The molecule has 1 aliphatic heterocycles. The van der Waals surface area contributed by atoms with Crippen LogP contribution in [0.25, 0.3) is 0 Å². The lowest BCUT2D eigenvalue weighted by Gasteiger charge is -2.26. The molecule has 1 amide bonds. The highest BCUT2D eigenvalue weighted by Gasteiger charge is 2.31. The first-order chi connectivity index (χ1) is 14.1. The van der Waals surface area contributed by atoms with Crippen LogP contribution in [0.15, 0.2) is 11.1 Å². The van der Waals surface area contributed by atoms with Crippen LogP contribution in [0, 0.1) is 19.8 Å². The molecule has 170 valence electrons. The topological polar surface area (TPSA) is 74.6 Å². The predicted molar refractivity (Wildman–Crippen MR) is 132 cm³/mol. The molecule has 2 heterocycles. The molecule has 1 aromatic heterocycles. The molecule has 2 N–H and O–H groups in total. The van der Waals surface area contributed by atoms with Crippen LogP contribution < -0.4 is 10.6 Å². The molecule has 1 unspecified atom stereocenters.